The Labute approximate surface area is 60.5 Å². The number of quaternary nitrogens is 1. The van der Waals surface area contributed by atoms with Gasteiger partial charge in [-0.2, -0.15) is 0 Å². The van der Waals surface area contributed by atoms with Gasteiger partial charge in [-0.05, 0) is 0 Å². The van der Waals surface area contributed by atoms with Gasteiger partial charge in [-0.1, -0.05) is 0 Å². The fourth-order valence-corrected chi connectivity index (χ4v) is 0.795. The summed E-state index contributed by atoms with van der Waals surface area (Å²) in [6.07, 6.45) is 1.58. The second kappa shape index (κ2) is 6.01. The van der Waals surface area contributed by atoms with Gasteiger partial charge >= 0.3 is 0 Å². The molecule has 4 N–H and O–H groups in total. The van der Waals surface area contributed by atoms with Gasteiger partial charge in [0.25, 0.3) is 0 Å². The van der Waals surface area contributed by atoms with Crippen LogP contribution in [0.15, 0.2) is 0 Å². The Kier molecular flexibility index (Phi) is 7.77. The van der Waals surface area contributed by atoms with Crippen LogP contribution in [0.1, 0.15) is 12.8 Å². The molecule has 0 amide bonds. The average molecular weight is 154 g/mol. The van der Waals surface area contributed by atoms with Crippen molar-refractivity contribution in [1.82, 2.24) is 0 Å². The SMILES string of the molecule is O.O=C1CC[NH2+]CC1.[Cl-]. The molecule has 0 aromatic carbocycles. The lowest BCUT2D eigenvalue weighted by atomic mass is 10.1. The summed E-state index contributed by atoms with van der Waals surface area (Å²) in [4.78, 5) is 10.4. The van der Waals surface area contributed by atoms with E-state index in [9.17, 15) is 4.79 Å². The van der Waals surface area contributed by atoms with Gasteiger partial charge in [-0.15, -0.1) is 0 Å². The lowest BCUT2D eigenvalue weighted by Gasteiger charge is -2.04. The van der Waals surface area contributed by atoms with Crippen molar-refractivity contribution in [3.8, 4) is 0 Å². The van der Waals surface area contributed by atoms with Crippen molar-refractivity contribution in [3.63, 3.8) is 0 Å². The minimum Gasteiger partial charge on any atom is -1.00 e. The van der Waals surface area contributed by atoms with Crippen LogP contribution in [0.2, 0.25) is 0 Å². The van der Waals surface area contributed by atoms with Gasteiger partial charge in [0.15, 0.2) is 0 Å². The topological polar surface area (TPSA) is 65.2 Å². The molecule has 0 aromatic rings. The van der Waals surface area contributed by atoms with Crippen LogP contribution in [0.4, 0.5) is 0 Å². The average Bonchev–Trinajstić information content (AvgIpc) is 1.69. The van der Waals surface area contributed by atoms with E-state index >= 15 is 0 Å². The van der Waals surface area contributed by atoms with E-state index in [1.54, 1.807) is 0 Å². The number of ketones is 1. The number of nitrogens with two attached hydrogens (primary N) is 1. The van der Waals surface area contributed by atoms with Crippen LogP contribution in [0.5, 0.6) is 0 Å². The number of rotatable bonds is 0. The molecule has 1 rings (SSSR count). The first-order valence-electron chi connectivity index (χ1n) is 2.73. The van der Waals surface area contributed by atoms with Crippen LogP contribution in [0.25, 0.3) is 0 Å². The fraction of sp³-hybridized carbons (Fsp3) is 0.800. The third-order valence-corrected chi connectivity index (χ3v) is 1.25. The normalized spacial score (nSPS) is 17.6. The Morgan fingerprint density at radius 3 is 1.89 bits per heavy atom. The van der Waals surface area contributed by atoms with Crippen LogP contribution >= 0.6 is 0 Å². The molecule has 0 spiro atoms. The van der Waals surface area contributed by atoms with Crippen molar-refractivity contribution in [2.45, 2.75) is 12.8 Å². The van der Waals surface area contributed by atoms with Crippen molar-refractivity contribution in [2.24, 2.45) is 0 Å². The van der Waals surface area contributed by atoms with E-state index in [4.69, 9.17) is 0 Å². The zero-order valence-corrected chi connectivity index (χ0v) is 5.95. The van der Waals surface area contributed by atoms with E-state index in [1.165, 1.54) is 0 Å². The Morgan fingerprint density at radius 1 is 1.22 bits per heavy atom. The van der Waals surface area contributed by atoms with E-state index in [0.29, 0.717) is 5.78 Å². The standard InChI is InChI=1S/C5H9NO.ClH.H2O/c7-5-1-3-6-4-2-5;;/h6H,1-4H2;1H;1H2. The molecular formula is C5H12ClNO2. The first-order valence-corrected chi connectivity index (χ1v) is 2.73. The minimum absolute atomic E-state index is 0. The molecule has 9 heavy (non-hydrogen) atoms. The quantitative estimate of drug-likeness (QED) is 0.373. The number of hydrogen-bond acceptors (Lipinski definition) is 1. The zero-order chi connectivity index (χ0) is 5.11. The van der Waals surface area contributed by atoms with Gasteiger partial charge in [0.05, 0.1) is 25.9 Å². The van der Waals surface area contributed by atoms with Gasteiger partial charge in [0, 0.05) is 0 Å². The summed E-state index contributed by atoms with van der Waals surface area (Å²) < 4.78 is 0. The summed E-state index contributed by atoms with van der Waals surface area (Å²) in [5.41, 5.74) is 0. The summed E-state index contributed by atoms with van der Waals surface area (Å²) in [5.74, 6) is 0.433. The minimum atomic E-state index is 0. The molecule has 1 fully saturated rings. The van der Waals surface area contributed by atoms with Gasteiger partial charge in [0.2, 0.25) is 0 Å². The van der Waals surface area contributed by atoms with Crippen molar-refractivity contribution in [1.29, 1.82) is 0 Å². The molecule has 0 bridgehead atoms. The summed E-state index contributed by atoms with van der Waals surface area (Å²) in [6.45, 7) is 2.03. The molecule has 0 saturated carbocycles. The number of Topliss-reactive ketones (excluding diaryl/α,β-unsaturated/α-hetero) is 1. The molecule has 0 atom stereocenters. The fourth-order valence-electron chi connectivity index (χ4n) is 0.795. The van der Waals surface area contributed by atoms with Gasteiger partial charge in [-0.3, -0.25) is 4.79 Å². The number of carbonyl (C=O) groups excluding carboxylic acids is 1. The van der Waals surface area contributed by atoms with Crippen LogP contribution in [0.3, 0.4) is 0 Å². The van der Waals surface area contributed by atoms with Crippen LogP contribution < -0.4 is 17.7 Å². The zero-order valence-electron chi connectivity index (χ0n) is 5.19. The highest BCUT2D eigenvalue weighted by Crippen LogP contribution is 1.86. The lowest BCUT2D eigenvalue weighted by Crippen LogP contribution is -3.00. The predicted molar refractivity (Wildman–Crippen MR) is 29.5 cm³/mol. The number of piperidine rings is 1. The van der Waals surface area contributed by atoms with Crippen molar-refractivity contribution >= 4 is 5.78 Å². The maximum atomic E-state index is 10.4. The molecule has 1 aliphatic heterocycles. The summed E-state index contributed by atoms with van der Waals surface area (Å²) in [6, 6.07) is 0. The molecule has 1 aliphatic rings. The monoisotopic (exact) mass is 153 g/mol. The van der Waals surface area contributed by atoms with Gasteiger partial charge < -0.3 is 23.2 Å². The Morgan fingerprint density at radius 2 is 1.67 bits per heavy atom. The Balaban J connectivity index is 0. The lowest BCUT2D eigenvalue weighted by molar-refractivity contribution is -0.656. The third-order valence-electron chi connectivity index (χ3n) is 1.25. The number of carbonyl (C=O) groups is 1. The van der Waals surface area contributed by atoms with E-state index in [1.807, 2.05) is 0 Å². The smallest absolute Gasteiger partial charge is 0.144 e. The Bertz CT molecular complexity index is 79.0. The van der Waals surface area contributed by atoms with Gasteiger partial charge in [-0.25, -0.2) is 0 Å². The summed E-state index contributed by atoms with van der Waals surface area (Å²) >= 11 is 0. The molecule has 0 aliphatic carbocycles. The number of hydrogen-bond donors (Lipinski definition) is 1. The summed E-state index contributed by atoms with van der Waals surface area (Å²) in [7, 11) is 0. The van der Waals surface area contributed by atoms with E-state index in [-0.39, 0.29) is 17.9 Å². The first-order chi connectivity index (χ1) is 3.39. The van der Waals surface area contributed by atoms with Crippen molar-refractivity contribution in [2.75, 3.05) is 13.1 Å². The van der Waals surface area contributed by atoms with Crippen LogP contribution in [-0.2, 0) is 4.79 Å². The second-order valence-corrected chi connectivity index (χ2v) is 1.90. The molecular weight excluding hydrogens is 142 g/mol. The molecule has 4 heteroatoms. The molecule has 3 nitrogen and oxygen atoms in total. The third kappa shape index (κ3) is 4.39. The molecule has 1 heterocycles. The maximum Gasteiger partial charge on any atom is 0.144 e. The molecule has 0 radical (unpaired) electrons. The highest BCUT2D eigenvalue weighted by atomic mass is 35.5. The number of halogens is 1. The first kappa shape index (κ1) is 11.6. The van der Waals surface area contributed by atoms with E-state index < -0.39 is 0 Å². The molecule has 1 saturated heterocycles. The summed E-state index contributed by atoms with van der Waals surface area (Å²) in [5, 5.41) is 2.18. The highest BCUT2D eigenvalue weighted by Gasteiger charge is 2.08. The molecule has 0 unspecified atom stereocenters. The molecule has 0 aromatic heterocycles. The van der Waals surface area contributed by atoms with Gasteiger partial charge in [0.1, 0.15) is 5.78 Å². The maximum absolute atomic E-state index is 10.4. The predicted octanol–water partition coefficient (Wildman–Crippen LogP) is -4.91. The van der Waals surface area contributed by atoms with Crippen LogP contribution in [0, 0.1) is 0 Å². The van der Waals surface area contributed by atoms with E-state index in [2.05, 4.69) is 5.32 Å². The van der Waals surface area contributed by atoms with Crippen LogP contribution in [-0.4, -0.2) is 24.3 Å². The van der Waals surface area contributed by atoms with Crippen molar-refractivity contribution < 1.29 is 28.0 Å². The highest BCUT2D eigenvalue weighted by molar-refractivity contribution is 5.78. The Hall–Kier alpha value is -0.120. The molecule has 56 valence electrons. The largest absolute Gasteiger partial charge is 1.00 e. The second-order valence-electron chi connectivity index (χ2n) is 1.90. The van der Waals surface area contributed by atoms with Crippen molar-refractivity contribution in [3.05, 3.63) is 0 Å². The van der Waals surface area contributed by atoms with E-state index in [0.717, 1.165) is 25.9 Å².